The lowest BCUT2D eigenvalue weighted by atomic mass is 10.1. The summed E-state index contributed by atoms with van der Waals surface area (Å²) in [6, 6.07) is 5.28. The average Bonchev–Trinajstić information content (AvgIpc) is 2.88. The monoisotopic (exact) mass is 421 g/mol. The van der Waals surface area contributed by atoms with E-state index in [1.54, 1.807) is 45.0 Å². The summed E-state index contributed by atoms with van der Waals surface area (Å²) in [5, 5.41) is -0.504. The number of esters is 1. The SMILES string of the molecule is CCC(C)Oc1ccc(C=C2SC(=O)N(CC(=O)OC(C)(C)C)C2=O)cc1OC. The molecule has 0 spiro atoms. The van der Waals surface area contributed by atoms with Crippen molar-refractivity contribution in [2.75, 3.05) is 13.7 Å². The van der Waals surface area contributed by atoms with Gasteiger partial charge in [-0.05, 0) is 69.6 Å². The van der Waals surface area contributed by atoms with Crippen LogP contribution in [-0.4, -0.2) is 47.4 Å². The maximum absolute atomic E-state index is 12.6. The molecular formula is C21H27NO6S. The summed E-state index contributed by atoms with van der Waals surface area (Å²) in [5.74, 6) is -0.0110. The molecule has 1 aromatic carbocycles. The van der Waals surface area contributed by atoms with Crippen LogP contribution in [-0.2, 0) is 14.3 Å². The van der Waals surface area contributed by atoms with Crippen LogP contribution in [0.15, 0.2) is 23.1 Å². The van der Waals surface area contributed by atoms with Gasteiger partial charge in [-0.25, -0.2) is 0 Å². The fraction of sp³-hybridized carbons (Fsp3) is 0.476. The molecule has 1 aliphatic heterocycles. The second-order valence-electron chi connectivity index (χ2n) is 7.60. The molecule has 2 amide bonds. The number of nitrogens with zero attached hydrogens (tertiary/aromatic N) is 1. The summed E-state index contributed by atoms with van der Waals surface area (Å²) in [6.07, 6.45) is 2.49. The van der Waals surface area contributed by atoms with Gasteiger partial charge in [0.25, 0.3) is 11.1 Å². The third-order valence-electron chi connectivity index (χ3n) is 3.97. The number of methoxy groups -OCH3 is 1. The van der Waals surface area contributed by atoms with E-state index in [9.17, 15) is 14.4 Å². The van der Waals surface area contributed by atoms with E-state index in [-0.39, 0.29) is 11.0 Å². The lowest BCUT2D eigenvalue weighted by Crippen LogP contribution is -2.37. The van der Waals surface area contributed by atoms with Crippen molar-refractivity contribution in [1.29, 1.82) is 0 Å². The van der Waals surface area contributed by atoms with E-state index in [4.69, 9.17) is 14.2 Å². The minimum atomic E-state index is -0.690. The summed E-state index contributed by atoms with van der Waals surface area (Å²) in [7, 11) is 1.54. The van der Waals surface area contributed by atoms with Gasteiger partial charge in [-0.3, -0.25) is 19.3 Å². The molecule has 0 bridgehead atoms. The molecule has 0 aromatic heterocycles. The van der Waals surface area contributed by atoms with Crippen LogP contribution in [0, 0.1) is 0 Å². The molecule has 0 N–H and O–H groups in total. The van der Waals surface area contributed by atoms with Crippen molar-refractivity contribution in [2.45, 2.75) is 52.7 Å². The number of ether oxygens (including phenoxy) is 3. The number of hydrogen-bond donors (Lipinski definition) is 0. The zero-order valence-corrected chi connectivity index (χ0v) is 18.4. The molecule has 1 aliphatic rings. The molecule has 1 unspecified atom stereocenters. The quantitative estimate of drug-likeness (QED) is 0.481. The van der Waals surface area contributed by atoms with Gasteiger partial charge < -0.3 is 14.2 Å². The molecule has 29 heavy (non-hydrogen) atoms. The van der Waals surface area contributed by atoms with E-state index in [0.29, 0.717) is 17.1 Å². The molecule has 1 heterocycles. The number of carbonyl (C=O) groups is 3. The van der Waals surface area contributed by atoms with Gasteiger partial charge in [0.05, 0.1) is 18.1 Å². The van der Waals surface area contributed by atoms with Crippen molar-refractivity contribution in [3.8, 4) is 11.5 Å². The van der Waals surface area contributed by atoms with Crippen molar-refractivity contribution >= 4 is 35.0 Å². The Kier molecular flexibility index (Phi) is 7.35. The highest BCUT2D eigenvalue weighted by molar-refractivity contribution is 8.18. The van der Waals surface area contributed by atoms with Gasteiger partial charge in [-0.2, -0.15) is 0 Å². The van der Waals surface area contributed by atoms with E-state index < -0.39 is 29.3 Å². The van der Waals surface area contributed by atoms with Gasteiger partial charge in [0.15, 0.2) is 11.5 Å². The molecule has 1 aromatic rings. The van der Waals surface area contributed by atoms with Gasteiger partial charge in [-0.1, -0.05) is 13.0 Å². The van der Waals surface area contributed by atoms with E-state index in [1.807, 2.05) is 13.8 Å². The zero-order valence-electron chi connectivity index (χ0n) is 17.6. The van der Waals surface area contributed by atoms with Gasteiger partial charge in [0.1, 0.15) is 12.1 Å². The fourth-order valence-corrected chi connectivity index (χ4v) is 3.30. The molecule has 0 aliphatic carbocycles. The Hall–Kier alpha value is -2.48. The van der Waals surface area contributed by atoms with E-state index in [2.05, 4.69) is 0 Å². The van der Waals surface area contributed by atoms with E-state index in [1.165, 1.54) is 7.11 Å². The molecule has 0 radical (unpaired) electrons. The maximum atomic E-state index is 12.6. The van der Waals surface area contributed by atoms with Crippen LogP contribution in [0.5, 0.6) is 11.5 Å². The van der Waals surface area contributed by atoms with Gasteiger partial charge in [0.2, 0.25) is 0 Å². The maximum Gasteiger partial charge on any atom is 0.326 e. The first kappa shape index (κ1) is 22.8. The standard InChI is InChI=1S/C21H27NO6S/c1-7-13(2)27-15-9-8-14(10-16(15)26-6)11-17-19(24)22(20(25)29-17)12-18(23)28-21(3,4)5/h8-11,13H,7,12H2,1-6H3. The number of thioether (sulfide) groups is 1. The molecule has 158 valence electrons. The lowest BCUT2D eigenvalue weighted by Gasteiger charge is -2.21. The van der Waals surface area contributed by atoms with Crippen molar-refractivity contribution in [3.05, 3.63) is 28.7 Å². The summed E-state index contributed by atoms with van der Waals surface area (Å²) in [6.45, 7) is 8.75. The van der Waals surface area contributed by atoms with Gasteiger partial charge in [-0.15, -0.1) is 0 Å². The number of benzene rings is 1. The van der Waals surface area contributed by atoms with Crippen LogP contribution in [0.25, 0.3) is 6.08 Å². The van der Waals surface area contributed by atoms with Crippen LogP contribution in [0.3, 0.4) is 0 Å². The normalized spacial score (nSPS) is 16.9. The first-order chi connectivity index (χ1) is 13.5. The summed E-state index contributed by atoms with van der Waals surface area (Å²) < 4.78 is 16.4. The molecule has 2 rings (SSSR count). The Morgan fingerprint density at radius 2 is 1.93 bits per heavy atom. The van der Waals surface area contributed by atoms with Crippen LogP contribution in [0.2, 0.25) is 0 Å². The van der Waals surface area contributed by atoms with Gasteiger partial charge in [0, 0.05) is 0 Å². The molecular weight excluding hydrogens is 394 g/mol. The second kappa shape index (κ2) is 9.35. The molecule has 1 saturated heterocycles. The molecule has 1 fully saturated rings. The summed E-state index contributed by atoms with van der Waals surface area (Å²) in [5.41, 5.74) is -0.00853. The number of hydrogen-bond acceptors (Lipinski definition) is 7. The Balaban J connectivity index is 2.17. The largest absolute Gasteiger partial charge is 0.493 e. The molecule has 1 atom stereocenters. The molecule has 8 heteroatoms. The highest BCUT2D eigenvalue weighted by atomic mass is 32.2. The number of rotatable bonds is 7. The van der Waals surface area contributed by atoms with Crippen molar-refractivity contribution in [3.63, 3.8) is 0 Å². The second-order valence-corrected chi connectivity index (χ2v) is 8.59. The number of imide groups is 1. The number of amides is 2. The third kappa shape index (κ3) is 6.25. The average molecular weight is 422 g/mol. The van der Waals surface area contributed by atoms with Crippen molar-refractivity contribution < 1.29 is 28.6 Å². The highest BCUT2D eigenvalue weighted by Crippen LogP contribution is 2.35. The smallest absolute Gasteiger partial charge is 0.326 e. The minimum Gasteiger partial charge on any atom is -0.493 e. The van der Waals surface area contributed by atoms with Crippen LogP contribution < -0.4 is 9.47 Å². The summed E-state index contributed by atoms with van der Waals surface area (Å²) >= 11 is 0.787. The zero-order chi connectivity index (χ0) is 21.8. The predicted octanol–water partition coefficient (Wildman–Crippen LogP) is 4.25. The van der Waals surface area contributed by atoms with Crippen LogP contribution in [0.1, 0.15) is 46.6 Å². The fourth-order valence-electron chi connectivity index (χ4n) is 2.46. The Morgan fingerprint density at radius 1 is 1.24 bits per heavy atom. The highest BCUT2D eigenvalue weighted by Gasteiger charge is 2.37. The Morgan fingerprint density at radius 3 is 2.52 bits per heavy atom. The molecule has 7 nitrogen and oxygen atoms in total. The number of carbonyl (C=O) groups excluding carboxylic acids is 3. The minimum absolute atomic E-state index is 0.0408. The Labute approximate surface area is 175 Å². The predicted molar refractivity (Wildman–Crippen MR) is 112 cm³/mol. The summed E-state index contributed by atoms with van der Waals surface area (Å²) in [4.78, 5) is 37.9. The third-order valence-corrected chi connectivity index (χ3v) is 4.88. The Bertz CT molecular complexity index is 827. The lowest BCUT2D eigenvalue weighted by molar-refractivity contribution is -0.156. The first-order valence-electron chi connectivity index (χ1n) is 9.36. The van der Waals surface area contributed by atoms with E-state index in [0.717, 1.165) is 23.1 Å². The molecule has 0 saturated carbocycles. The topological polar surface area (TPSA) is 82.1 Å². The van der Waals surface area contributed by atoms with Crippen molar-refractivity contribution in [2.24, 2.45) is 0 Å². The van der Waals surface area contributed by atoms with Crippen molar-refractivity contribution in [1.82, 2.24) is 4.90 Å². The van der Waals surface area contributed by atoms with Gasteiger partial charge >= 0.3 is 5.97 Å². The van der Waals surface area contributed by atoms with Crippen LogP contribution in [0.4, 0.5) is 4.79 Å². The van der Waals surface area contributed by atoms with Crippen LogP contribution >= 0.6 is 11.8 Å². The van der Waals surface area contributed by atoms with E-state index >= 15 is 0 Å². The first-order valence-corrected chi connectivity index (χ1v) is 10.2.